The number of aryl methyl sites for hydroxylation is 2. The smallest absolute Gasteiger partial charge is 0.0378 e. The Balaban J connectivity index is 3.03. The quantitative estimate of drug-likeness (QED) is 0.380. The standard InChI is InChI=1S/C10H13N3/c1-3-4-9-7-10(12-13-11)6-5-8(9)2/h5-7H,3-4H2,1-2H3. The lowest BCUT2D eigenvalue weighted by Crippen LogP contribution is -1.86. The summed E-state index contributed by atoms with van der Waals surface area (Å²) >= 11 is 0. The molecular formula is C10H13N3. The van der Waals surface area contributed by atoms with Crippen molar-refractivity contribution < 1.29 is 0 Å². The van der Waals surface area contributed by atoms with Crippen LogP contribution in [0.4, 0.5) is 5.69 Å². The molecule has 1 rings (SSSR count). The highest BCUT2D eigenvalue weighted by atomic mass is 15.1. The average Bonchev–Trinajstić information content (AvgIpc) is 2.12. The lowest BCUT2D eigenvalue weighted by molar-refractivity contribution is 0.913. The van der Waals surface area contributed by atoms with Crippen molar-refractivity contribution in [2.24, 2.45) is 5.11 Å². The van der Waals surface area contributed by atoms with Gasteiger partial charge in [-0.05, 0) is 36.1 Å². The predicted molar refractivity (Wildman–Crippen MR) is 54.0 cm³/mol. The molecule has 1 aromatic carbocycles. The van der Waals surface area contributed by atoms with Crippen LogP contribution >= 0.6 is 0 Å². The number of azide groups is 1. The van der Waals surface area contributed by atoms with E-state index in [0.717, 1.165) is 12.8 Å². The van der Waals surface area contributed by atoms with Crippen LogP contribution in [0, 0.1) is 6.92 Å². The first-order chi connectivity index (χ1) is 6.27. The Labute approximate surface area is 78.0 Å². The molecule has 0 heterocycles. The van der Waals surface area contributed by atoms with E-state index in [-0.39, 0.29) is 0 Å². The summed E-state index contributed by atoms with van der Waals surface area (Å²) in [4.78, 5) is 2.76. The molecule has 0 unspecified atom stereocenters. The first kappa shape index (κ1) is 9.62. The molecule has 0 saturated heterocycles. The summed E-state index contributed by atoms with van der Waals surface area (Å²) in [5.74, 6) is 0. The maximum absolute atomic E-state index is 8.27. The van der Waals surface area contributed by atoms with E-state index < -0.39 is 0 Å². The second-order valence-corrected chi connectivity index (χ2v) is 3.05. The molecule has 0 saturated carbocycles. The van der Waals surface area contributed by atoms with Crippen LogP contribution in [0.3, 0.4) is 0 Å². The van der Waals surface area contributed by atoms with E-state index in [1.807, 2.05) is 18.2 Å². The fourth-order valence-corrected chi connectivity index (χ4v) is 1.31. The Morgan fingerprint density at radius 3 is 2.85 bits per heavy atom. The summed E-state index contributed by atoms with van der Waals surface area (Å²) in [6.07, 6.45) is 2.15. The van der Waals surface area contributed by atoms with Gasteiger partial charge in [-0.3, -0.25) is 0 Å². The van der Waals surface area contributed by atoms with Gasteiger partial charge >= 0.3 is 0 Å². The number of nitrogens with zero attached hydrogens (tertiary/aromatic N) is 3. The summed E-state index contributed by atoms with van der Waals surface area (Å²) in [6, 6.07) is 5.79. The molecule has 0 bridgehead atoms. The first-order valence-electron chi connectivity index (χ1n) is 4.42. The van der Waals surface area contributed by atoms with Crippen LogP contribution in [0.5, 0.6) is 0 Å². The van der Waals surface area contributed by atoms with Gasteiger partial charge in [-0.15, -0.1) is 0 Å². The summed E-state index contributed by atoms with van der Waals surface area (Å²) in [5.41, 5.74) is 11.5. The summed E-state index contributed by atoms with van der Waals surface area (Å²) in [5, 5.41) is 3.57. The van der Waals surface area contributed by atoms with Crippen molar-refractivity contribution in [3.8, 4) is 0 Å². The zero-order valence-corrected chi connectivity index (χ0v) is 7.99. The fourth-order valence-electron chi connectivity index (χ4n) is 1.31. The zero-order valence-electron chi connectivity index (χ0n) is 7.99. The van der Waals surface area contributed by atoms with E-state index in [1.54, 1.807) is 0 Å². The maximum atomic E-state index is 8.27. The Bertz CT molecular complexity index is 338. The van der Waals surface area contributed by atoms with Gasteiger partial charge in [0.2, 0.25) is 0 Å². The van der Waals surface area contributed by atoms with Gasteiger partial charge in [0.25, 0.3) is 0 Å². The van der Waals surface area contributed by atoms with Crippen LogP contribution in [-0.4, -0.2) is 0 Å². The van der Waals surface area contributed by atoms with E-state index in [9.17, 15) is 0 Å². The number of benzene rings is 1. The topological polar surface area (TPSA) is 48.8 Å². The van der Waals surface area contributed by atoms with Gasteiger partial charge in [-0.25, -0.2) is 0 Å². The molecule has 3 heteroatoms. The van der Waals surface area contributed by atoms with Crippen molar-refractivity contribution in [3.05, 3.63) is 39.8 Å². The molecule has 0 radical (unpaired) electrons. The van der Waals surface area contributed by atoms with Gasteiger partial charge in [0, 0.05) is 10.6 Å². The highest BCUT2D eigenvalue weighted by molar-refractivity contribution is 5.43. The van der Waals surface area contributed by atoms with Gasteiger partial charge in [0.05, 0.1) is 0 Å². The molecule has 3 nitrogen and oxygen atoms in total. The maximum Gasteiger partial charge on any atom is 0.0378 e. The molecule has 0 atom stereocenters. The van der Waals surface area contributed by atoms with Crippen molar-refractivity contribution in [1.29, 1.82) is 0 Å². The third-order valence-corrected chi connectivity index (χ3v) is 2.01. The van der Waals surface area contributed by atoms with Crippen LogP contribution in [0.2, 0.25) is 0 Å². The van der Waals surface area contributed by atoms with E-state index in [4.69, 9.17) is 5.53 Å². The molecule has 68 valence electrons. The average molecular weight is 175 g/mol. The largest absolute Gasteiger partial charge is 0.0651 e. The Morgan fingerprint density at radius 2 is 2.23 bits per heavy atom. The van der Waals surface area contributed by atoms with Gasteiger partial charge in [-0.1, -0.05) is 30.6 Å². The Hall–Kier alpha value is -1.47. The minimum Gasteiger partial charge on any atom is -0.0651 e. The van der Waals surface area contributed by atoms with Crippen LogP contribution in [0.25, 0.3) is 10.4 Å². The highest BCUT2D eigenvalue weighted by Gasteiger charge is 1.97. The minimum atomic E-state index is 0.705. The highest BCUT2D eigenvalue weighted by Crippen LogP contribution is 2.19. The van der Waals surface area contributed by atoms with Gasteiger partial charge in [0.1, 0.15) is 0 Å². The minimum absolute atomic E-state index is 0.705. The lowest BCUT2D eigenvalue weighted by atomic mass is 10.0. The fraction of sp³-hybridized carbons (Fsp3) is 0.400. The van der Waals surface area contributed by atoms with Crippen LogP contribution in [-0.2, 0) is 6.42 Å². The van der Waals surface area contributed by atoms with Gasteiger partial charge in [-0.2, -0.15) is 0 Å². The second kappa shape index (κ2) is 4.53. The number of hydrogen-bond acceptors (Lipinski definition) is 1. The molecule has 0 N–H and O–H groups in total. The van der Waals surface area contributed by atoms with Crippen LogP contribution < -0.4 is 0 Å². The molecule has 1 aromatic rings. The zero-order chi connectivity index (χ0) is 9.68. The first-order valence-corrected chi connectivity index (χ1v) is 4.42. The van der Waals surface area contributed by atoms with Crippen LogP contribution in [0.15, 0.2) is 23.3 Å². The van der Waals surface area contributed by atoms with Crippen molar-refractivity contribution in [2.45, 2.75) is 26.7 Å². The van der Waals surface area contributed by atoms with Crippen molar-refractivity contribution in [3.63, 3.8) is 0 Å². The van der Waals surface area contributed by atoms with E-state index in [0.29, 0.717) is 5.69 Å². The molecule has 0 fully saturated rings. The molecule has 0 spiro atoms. The summed E-state index contributed by atoms with van der Waals surface area (Å²) in [7, 11) is 0. The number of rotatable bonds is 3. The van der Waals surface area contributed by atoms with Crippen molar-refractivity contribution in [2.75, 3.05) is 0 Å². The van der Waals surface area contributed by atoms with Crippen molar-refractivity contribution in [1.82, 2.24) is 0 Å². The Morgan fingerprint density at radius 1 is 1.46 bits per heavy atom. The van der Waals surface area contributed by atoms with Gasteiger partial charge < -0.3 is 0 Å². The monoisotopic (exact) mass is 175 g/mol. The molecule has 0 aromatic heterocycles. The van der Waals surface area contributed by atoms with Crippen molar-refractivity contribution >= 4 is 5.69 Å². The molecular weight excluding hydrogens is 162 g/mol. The molecule has 0 amide bonds. The van der Waals surface area contributed by atoms with E-state index in [2.05, 4.69) is 23.9 Å². The van der Waals surface area contributed by atoms with Crippen LogP contribution in [0.1, 0.15) is 24.5 Å². The SMILES string of the molecule is CCCc1cc(N=[N+]=[N-])ccc1C. The normalized spacial score (nSPS) is 9.38. The summed E-state index contributed by atoms with van der Waals surface area (Å²) in [6.45, 7) is 4.21. The third-order valence-electron chi connectivity index (χ3n) is 2.01. The van der Waals surface area contributed by atoms with E-state index >= 15 is 0 Å². The molecule has 0 aliphatic heterocycles. The third kappa shape index (κ3) is 2.49. The molecule has 0 aliphatic carbocycles. The number of hydrogen-bond donors (Lipinski definition) is 0. The molecule has 13 heavy (non-hydrogen) atoms. The van der Waals surface area contributed by atoms with Gasteiger partial charge in [0.15, 0.2) is 0 Å². The predicted octanol–water partition coefficient (Wildman–Crippen LogP) is 3.89. The lowest BCUT2D eigenvalue weighted by Gasteiger charge is -2.04. The second-order valence-electron chi connectivity index (χ2n) is 3.05. The van der Waals surface area contributed by atoms with E-state index in [1.165, 1.54) is 11.1 Å². The molecule has 0 aliphatic rings. The summed E-state index contributed by atoms with van der Waals surface area (Å²) < 4.78 is 0. The Kier molecular flexibility index (Phi) is 3.35.